The van der Waals surface area contributed by atoms with E-state index in [2.05, 4.69) is 33.4 Å². The van der Waals surface area contributed by atoms with Gasteiger partial charge >= 0.3 is 0 Å². The molecule has 1 aliphatic heterocycles. The normalized spacial score (nSPS) is 13.0. The average molecular weight is 383 g/mol. The number of halogens is 1. The van der Waals surface area contributed by atoms with E-state index in [0.29, 0.717) is 5.02 Å². The van der Waals surface area contributed by atoms with Crippen LogP contribution in [0.25, 0.3) is 11.4 Å². The molecule has 7 heteroatoms. The van der Waals surface area contributed by atoms with Crippen molar-refractivity contribution in [2.75, 3.05) is 11.9 Å². The Kier molecular flexibility index (Phi) is 5.09. The van der Waals surface area contributed by atoms with Gasteiger partial charge in [0, 0.05) is 48.0 Å². The highest BCUT2D eigenvalue weighted by atomic mass is 35.5. The molecule has 6 nitrogen and oxygen atoms in total. The highest BCUT2D eigenvalue weighted by molar-refractivity contribution is 6.30. The van der Waals surface area contributed by atoms with Gasteiger partial charge in [-0.25, -0.2) is 9.97 Å². The number of hydrogen-bond donors (Lipinski definition) is 2. The summed E-state index contributed by atoms with van der Waals surface area (Å²) in [5, 5.41) is 12.1. The largest absolute Gasteiger partial charge is 0.370 e. The number of rotatable bonds is 6. The van der Waals surface area contributed by atoms with Gasteiger partial charge in [-0.1, -0.05) is 11.6 Å². The standard InChI is InChI=1S/C20H23ClN6/c1-13-10-14(2)27(26-13)9-3-8-23-20-17-11-22-12-18(17)24-19(25-20)15-4-6-16(21)7-5-15/h4-7,10,22H,3,8-9,11-12H2,1-2H3,(H,23,24,25). The van der Waals surface area contributed by atoms with Crippen LogP contribution in [0.15, 0.2) is 30.3 Å². The lowest BCUT2D eigenvalue weighted by atomic mass is 10.2. The Bertz CT molecular complexity index is 948. The smallest absolute Gasteiger partial charge is 0.161 e. The van der Waals surface area contributed by atoms with E-state index in [9.17, 15) is 0 Å². The van der Waals surface area contributed by atoms with Crippen LogP contribution < -0.4 is 10.6 Å². The molecule has 0 spiro atoms. The van der Waals surface area contributed by atoms with Crippen molar-refractivity contribution in [3.8, 4) is 11.4 Å². The second-order valence-electron chi connectivity index (χ2n) is 6.86. The number of benzene rings is 1. The van der Waals surface area contributed by atoms with Crippen molar-refractivity contribution in [3.63, 3.8) is 0 Å². The molecular weight excluding hydrogens is 360 g/mol. The molecule has 0 amide bonds. The van der Waals surface area contributed by atoms with Crippen molar-refractivity contribution in [1.29, 1.82) is 0 Å². The monoisotopic (exact) mass is 382 g/mol. The first-order chi connectivity index (χ1) is 13.1. The lowest BCUT2D eigenvalue weighted by Crippen LogP contribution is -2.12. The first-order valence-electron chi connectivity index (χ1n) is 9.21. The summed E-state index contributed by atoms with van der Waals surface area (Å²) in [6.07, 6.45) is 0.977. The van der Waals surface area contributed by atoms with Gasteiger partial charge in [0.2, 0.25) is 0 Å². The summed E-state index contributed by atoms with van der Waals surface area (Å²) in [4.78, 5) is 9.52. The number of aromatic nitrogens is 4. The molecule has 140 valence electrons. The highest BCUT2D eigenvalue weighted by Crippen LogP contribution is 2.26. The van der Waals surface area contributed by atoms with Crippen LogP contribution in [0.3, 0.4) is 0 Å². The number of fused-ring (bicyclic) bond motifs is 1. The maximum absolute atomic E-state index is 6.00. The quantitative estimate of drug-likeness (QED) is 0.636. The summed E-state index contributed by atoms with van der Waals surface area (Å²) in [5.41, 5.74) is 5.46. The number of nitrogens with zero attached hydrogens (tertiary/aromatic N) is 4. The fourth-order valence-corrected chi connectivity index (χ4v) is 3.51. The van der Waals surface area contributed by atoms with Crippen molar-refractivity contribution < 1.29 is 0 Å². The molecular formula is C20H23ClN6. The van der Waals surface area contributed by atoms with E-state index in [1.54, 1.807) is 0 Å². The Balaban J connectivity index is 1.48. The molecule has 0 saturated heterocycles. The van der Waals surface area contributed by atoms with Crippen LogP contribution in [0.5, 0.6) is 0 Å². The van der Waals surface area contributed by atoms with Crippen molar-refractivity contribution in [3.05, 3.63) is 58.0 Å². The molecule has 0 saturated carbocycles. The summed E-state index contributed by atoms with van der Waals surface area (Å²) in [5.74, 6) is 1.65. The minimum Gasteiger partial charge on any atom is -0.370 e. The molecule has 0 bridgehead atoms. The number of hydrogen-bond acceptors (Lipinski definition) is 5. The fraction of sp³-hybridized carbons (Fsp3) is 0.350. The van der Waals surface area contributed by atoms with Crippen LogP contribution in [-0.4, -0.2) is 26.3 Å². The Morgan fingerprint density at radius 3 is 2.70 bits per heavy atom. The van der Waals surface area contributed by atoms with E-state index in [1.807, 2.05) is 31.2 Å². The first-order valence-corrected chi connectivity index (χ1v) is 9.59. The van der Waals surface area contributed by atoms with Gasteiger partial charge in [-0.15, -0.1) is 0 Å². The van der Waals surface area contributed by atoms with Crippen molar-refractivity contribution in [1.82, 2.24) is 25.1 Å². The zero-order chi connectivity index (χ0) is 18.8. The molecule has 1 aromatic carbocycles. The highest BCUT2D eigenvalue weighted by Gasteiger charge is 2.19. The minimum absolute atomic E-state index is 0.712. The summed E-state index contributed by atoms with van der Waals surface area (Å²) >= 11 is 6.00. The number of aryl methyl sites for hydroxylation is 3. The number of anilines is 1. The van der Waals surface area contributed by atoms with Gasteiger partial charge in [0.15, 0.2) is 5.82 Å². The Morgan fingerprint density at radius 1 is 1.15 bits per heavy atom. The van der Waals surface area contributed by atoms with Crippen LogP contribution in [0.2, 0.25) is 5.02 Å². The van der Waals surface area contributed by atoms with Crippen LogP contribution in [-0.2, 0) is 19.6 Å². The molecule has 3 heterocycles. The van der Waals surface area contributed by atoms with Gasteiger partial charge in [0.05, 0.1) is 11.4 Å². The Labute approximate surface area is 164 Å². The predicted octanol–water partition coefficient (Wildman–Crippen LogP) is 3.72. The molecule has 0 atom stereocenters. The molecule has 4 rings (SSSR count). The predicted molar refractivity (Wildman–Crippen MR) is 108 cm³/mol. The average Bonchev–Trinajstić information content (AvgIpc) is 3.25. The summed E-state index contributed by atoms with van der Waals surface area (Å²) in [7, 11) is 0. The molecule has 2 N–H and O–H groups in total. The second-order valence-corrected chi connectivity index (χ2v) is 7.30. The van der Waals surface area contributed by atoms with Crippen molar-refractivity contribution in [2.24, 2.45) is 0 Å². The van der Waals surface area contributed by atoms with E-state index >= 15 is 0 Å². The third-order valence-electron chi connectivity index (χ3n) is 4.73. The van der Waals surface area contributed by atoms with E-state index < -0.39 is 0 Å². The maximum atomic E-state index is 6.00. The van der Waals surface area contributed by atoms with Gasteiger partial charge in [0.1, 0.15) is 5.82 Å². The van der Waals surface area contributed by atoms with Crippen molar-refractivity contribution in [2.45, 2.75) is 39.9 Å². The number of nitrogens with one attached hydrogen (secondary N) is 2. The SMILES string of the molecule is Cc1cc(C)n(CCCNc2nc(-c3ccc(Cl)cc3)nc3c2CNC3)n1. The van der Waals surface area contributed by atoms with E-state index in [1.165, 1.54) is 11.3 Å². The molecule has 2 aromatic heterocycles. The Hall–Kier alpha value is -2.44. The summed E-state index contributed by atoms with van der Waals surface area (Å²) in [6, 6.07) is 9.76. The zero-order valence-electron chi connectivity index (χ0n) is 15.6. The summed E-state index contributed by atoms with van der Waals surface area (Å²) < 4.78 is 2.06. The molecule has 1 aliphatic rings. The Morgan fingerprint density at radius 2 is 1.96 bits per heavy atom. The minimum atomic E-state index is 0.712. The molecule has 0 radical (unpaired) electrons. The van der Waals surface area contributed by atoms with E-state index in [0.717, 1.165) is 61.2 Å². The van der Waals surface area contributed by atoms with Crippen LogP contribution in [0.1, 0.15) is 29.1 Å². The lowest BCUT2D eigenvalue weighted by molar-refractivity contribution is 0.573. The lowest BCUT2D eigenvalue weighted by Gasteiger charge is -2.12. The van der Waals surface area contributed by atoms with E-state index in [-0.39, 0.29) is 0 Å². The van der Waals surface area contributed by atoms with Gasteiger partial charge in [-0.3, -0.25) is 4.68 Å². The molecule has 0 aliphatic carbocycles. The molecule has 3 aromatic rings. The van der Waals surface area contributed by atoms with Gasteiger partial charge in [-0.2, -0.15) is 5.10 Å². The zero-order valence-corrected chi connectivity index (χ0v) is 16.3. The van der Waals surface area contributed by atoms with E-state index in [4.69, 9.17) is 21.6 Å². The topological polar surface area (TPSA) is 67.7 Å². The van der Waals surface area contributed by atoms with Crippen LogP contribution >= 0.6 is 11.6 Å². The molecule has 27 heavy (non-hydrogen) atoms. The van der Waals surface area contributed by atoms with Gasteiger partial charge in [-0.05, 0) is 50.6 Å². The van der Waals surface area contributed by atoms with Crippen LogP contribution in [0.4, 0.5) is 5.82 Å². The van der Waals surface area contributed by atoms with Gasteiger partial charge < -0.3 is 10.6 Å². The molecule has 0 fully saturated rings. The fourth-order valence-electron chi connectivity index (χ4n) is 3.38. The maximum Gasteiger partial charge on any atom is 0.161 e. The summed E-state index contributed by atoms with van der Waals surface area (Å²) in [6.45, 7) is 7.42. The second kappa shape index (κ2) is 7.66. The first kappa shape index (κ1) is 17.9. The third-order valence-corrected chi connectivity index (χ3v) is 4.98. The van der Waals surface area contributed by atoms with Gasteiger partial charge in [0.25, 0.3) is 0 Å². The van der Waals surface area contributed by atoms with Crippen molar-refractivity contribution >= 4 is 17.4 Å². The third kappa shape index (κ3) is 3.96. The molecule has 0 unspecified atom stereocenters. The van der Waals surface area contributed by atoms with Crippen LogP contribution in [0, 0.1) is 13.8 Å².